The molecule has 0 aliphatic carbocycles. The second-order valence-corrected chi connectivity index (χ2v) is 4.26. The molecule has 0 unspecified atom stereocenters. The third kappa shape index (κ3) is 2.81. The van der Waals surface area contributed by atoms with E-state index in [0.717, 1.165) is 12.1 Å². The molecule has 0 fully saturated rings. The van der Waals surface area contributed by atoms with Crippen molar-refractivity contribution in [1.29, 1.82) is 0 Å². The van der Waals surface area contributed by atoms with E-state index in [1.54, 1.807) is 0 Å². The highest BCUT2D eigenvalue weighted by molar-refractivity contribution is 5.81. The van der Waals surface area contributed by atoms with Gasteiger partial charge < -0.3 is 10.1 Å². The Morgan fingerprint density at radius 1 is 1.29 bits per heavy atom. The Bertz CT molecular complexity index is 820. The van der Waals surface area contributed by atoms with Gasteiger partial charge in [0.25, 0.3) is 5.56 Å². The van der Waals surface area contributed by atoms with Gasteiger partial charge in [0.1, 0.15) is 0 Å². The monoisotopic (exact) mass is 302 g/mol. The Balaban J connectivity index is 2.77. The van der Waals surface area contributed by atoms with E-state index in [1.165, 1.54) is 6.07 Å². The minimum atomic E-state index is -4.76. The van der Waals surface area contributed by atoms with E-state index >= 15 is 0 Å². The highest BCUT2D eigenvalue weighted by atomic mass is 19.4. The van der Waals surface area contributed by atoms with Crippen molar-refractivity contribution in [1.82, 2.24) is 9.55 Å². The van der Waals surface area contributed by atoms with E-state index in [4.69, 9.17) is 5.11 Å². The van der Waals surface area contributed by atoms with Crippen LogP contribution in [0.3, 0.4) is 0 Å². The number of halogens is 3. The molecule has 21 heavy (non-hydrogen) atoms. The van der Waals surface area contributed by atoms with Crippen molar-refractivity contribution in [3.63, 3.8) is 0 Å². The van der Waals surface area contributed by atoms with Crippen LogP contribution >= 0.6 is 0 Å². The average molecular weight is 302 g/mol. The molecule has 112 valence electrons. The van der Waals surface area contributed by atoms with Gasteiger partial charge in [-0.1, -0.05) is 6.07 Å². The molecule has 0 saturated heterocycles. The number of carboxylic acids is 1. The number of rotatable bonds is 3. The van der Waals surface area contributed by atoms with Crippen molar-refractivity contribution in [2.45, 2.75) is 19.1 Å². The largest absolute Gasteiger partial charge is 0.481 e. The summed E-state index contributed by atoms with van der Waals surface area (Å²) in [7, 11) is 0. The van der Waals surface area contributed by atoms with Gasteiger partial charge in [0.2, 0.25) is 0 Å². The number of hydrogen-bond donors (Lipinski definition) is 2. The Morgan fingerprint density at radius 3 is 2.52 bits per heavy atom. The lowest BCUT2D eigenvalue weighted by molar-refractivity contribution is -0.138. The van der Waals surface area contributed by atoms with Crippen LogP contribution in [-0.4, -0.2) is 20.6 Å². The maximum Gasteiger partial charge on any atom is 0.417 e. The molecule has 2 rings (SSSR count). The first-order valence-electron chi connectivity index (χ1n) is 5.76. The number of fused-ring (bicyclic) bond motifs is 1. The molecule has 0 saturated carbocycles. The summed E-state index contributed by atoms with van der Waals surface area (Å²) in [6.45, 7) is -0.508. The number of benzene rings is 1. The number of hydrogen-bond acceptors (Lipinski definition) is 3. The van der Waals surface area contributed by atoms with Gasteiger partial charge in [0, 0.05) is 6.54 Å². The molecule has 0 aliphatic rings. The maximum absolute atomic E-state index is 12.9. The fourth-order valence-corrected chi connectivity index (χ4v) is 1.94. The summed E-state index contributed by atoms with van der Waals surface area (Å²) >= 11 is 0. The van der Waals surface area contributed by atoms with E-state index < -0.39 is 47.3 Å². The molecule has 0 atom stereocenters. The number of aromatic amines is 1. The molecule has 2 aromatic rings. The Labute approximate surface area is 114 Å². The summed E-state index contributed by atoms with van der Waals surface area (Å²) in [5.41, 5.74) is -3.53. The molecular weight excluding hydrogens is 293 g/mol. The molecule has 9 heteroatoms. The van der Waals surface area contributed by atoms with Gasteiger partial charge in [0.15, 0.2) is 0 Å². The third-order valence-corrected chi connectivity index (χ3v) is 2.86. The Kier molecular flexibility index (Phi) is 3.58. The first-order valence-corrected chi connectivity index (χ1v) is 5.76. The molecule has 0 radical (unpaired) electrons. The summed E-state index contributed by atoms with van der Waals surface area (Å²) in [4.78, 5) is 36.4. The molecule has 2 N–H and O–H groups in total. The van der Waals surface area contributed by atoms with Gasteiger partial charge in [0.05, 0.1) is 22.9 Å². The van der Waals surface area contributed by atoms with Crippen LogP contribution < -0.4 is 11.2 Å². The number of carboxylic acid groups (broad SMARTS) is 1. The second-order valence-electron chi connectivity index (χ2n) is 4.26. The molecular formula is C12H9F3N2O4. The van der Waals surface area contributed by atoms with Crippen LogP contribution in [0.15, 0.2) is 27.8 Å². The number of H-pyrrole nitrogens is 1. The molecule has 0 aliphatic heterocycles. The summed E-state index contributed by atoms with van der Waals surface area (Å²) in [6, 6.07) is 2.97. The first kappa shape index (κ1) is 14.8. The number of nitrogens with one attached hydrogen (secondary N) is 1. The van der Waals surface area contributed by atoms with Crippen LogP contribution in [0.4, 0.5) is 13.2 Å². The molecule has 1 aromatic carbocycles. The lowest BCUT2D eigenvalue weighted by Gasteiger charge is -2.11. The van der Waals surface area contributed by atoms with E-state index in [1.807, 2.05) is 0 Å². The number of aromatic nitrogens is 2. The minimum Gasteiger partial charge on any atom is -0.481 e. The predicted octanol–water partition coefficient (Wildman–Crippen LogP) is 1.18. The zero-order chi connectivity index (χ0) is 15.8. The van der Waals surface area contributed by atoms with Crippen molar-refractivity contribution in [2.75, 3.05) is 0 Å². The topological polar surface area (TPSA) is 92.2 Å². The molecule has 1 heterocycles. The smallest absolute Gasteiger partial charge is 0.417 e. The van der Waals surface area contributed by atoms with E-state index in [-0.39, 0.29) is 5.52 Å². The average Bonchev–Trinajstić information content (AvgIpc) is 2.36. The van der Waals surface area contributed by atoms with Crippen molar-refractivity contribution in [2.24, 2.45) is 0 Å². The zero-order valence-corrected chi connectivity index (χ0v) is 10.4. The fraction of sp³-hybridized carbons (Fsp3) is 0.250. The number of alkyl halides is 3. The van der Waals surface area contributed by atoms with Crippen LogP contribution in [0.2, 0.25) is 0 Å². The van der Waals surface area contributed by atoms with E-state index in [2.05, 4.69) is 4.98 Å². The van der Waals surface area contributed by atoms with Gasteiger partial charge in [-0.15, -0.1) is 0 Å². The molecule has 6 nitrogen and oxygen atoms in total. The van der Waals surface area contributed by atoms with Gasteiger partial charge in [-0.3, -0.25) is 14.2 Å². The first-order chi connectivity index (χ1) is 9.71. The lowest BCUT2D eigenvalue weighted by atomic mass is 10.1. The lowest BCUT2D eigenvalue weighted by Crippen LogP contribution is -2.36. The maximum atomic E-state index is 12.9. The quantitative estimate of drug-likeness (QED) is 0.890. The number of nitrogens with zero attached hydrogens (tertiary/aromatic N) is 1. The van der Waals surface area contributed by atoms with Crippen molar-refractivity contribution < 1.29 is 23.1 Å². The number of carbonyl (C=O) groups is 1. The summed E-state index contributed by atoms with van der Waals surface area (Å²) in [5.74, 6) is -1.27. The molecule has 0 spiro atoms. The van der Waals surface area contributed by atoms with Crippen molar-refractivity contribution in [3.8, 4) is 0 Å². The van der Waals surface area contributed by atoms with Crippen LogP contribution in [0.1, 0.15) is 12.0 Å². The van der Waals surface area contributed by atoms with Crippen molar-refractivity contribution in [3.05, 3.63) is 44.6 Å². The van der Waals surface area contributed by atoms with Crippen LogP contribution in [0.25, 0.3) is 10.9 Å². The second kappa shape index (κ2) is 5.08. The van der Waals surface area contributed by atoms with Gasteiger partial charge in [-0.25, -0.2) is 4.79 Å². The normalized spacial score (nSPS) is 11.8. The van der Waals surface area contributed by atoms with Gasteiger partial charge in [-0.2, -0.15) is 13.2 Å². The highest BCUT2D eigenvalue weighted by Gasteiger charge is 2.34. The standard InChI is InChI=1S/C12H9F3N2O4/c13-12(14,15)6-2-1-3-7-9(6)10(20)17(11(21)16-7)5-4-8(18)19/h1-3H,4-5H2,(H,16,21)(H,18,19). The molecule has 1 aromatic heterocycles. The fourth-order valence-electron chi connectivity index (χ4n) is 1.94. The summed E-state index contributed by atoms with van der Waals surface area (Å²) in [6.07, 6.45) is -5.32. The van der Waals surface area contributed by atoms with E-state index in [9.17, 15) is 27.6 Å². The van der Waals surface area contributed by atoms with Crippen molar-refractivity contribution >= 4 is 16.9 Å². The molecule has 0 amide bonds. The summed E-state index contributed by atoms with van der Waals surface area (Å²) < 4.78 is 39.2. The van der Waals surface area contributed by atoms with E-state index in [0.29, 0.717) is 4.57 Å². The SMILES string of the molecule is O=C(O)CCn1c(=O)[nH]c2cccc(C(F)(F)F)c2c1=O. The van der Waals surface area contributed by atoms with Gasteiger partial charge in [-0.05, 0) is 12.1 Å². The number of aliphatic carboxylic acids is 1. The summed E-state index contributed by atoms with van der Waals surface area (Å²) in [5, 5.41) is 7.86. The van der Waals surface area contributed by atoms with Crippen LogP contribution in [-0.2, 0) is 17.5 Å². The van der Waals surface area contributed by atoms with Gasteiger partial charge >= 0.3 is 17.8 Å². The minimum absolute atomic E-state index is 0.244. The molecule has 0 bridgehead atoms. The Morgan fingerprint density at radius 2 is 1.95 bits per heavy atom. The Hall–Kier alpha value is -2.58. The highest BCUT2D eigenvalue weighted by Crippen LogP contribution is 2.32. The van der Waals surface area contributed by atoms with Crippen LogP contribution in [0.5, 0.6) is 0 Å². The predicted molar refractivity (Wildman–Crippen MR) is 66.1 cm³/mol. The van der Waals surface area contributed by atoms with Crippen LogP contribution in [0, 0.1) is 0 Å². The zero-order valence-electron chi connectivity index (χ0n) is 10.4. The third-order valence-electron chi connectivity index (χ3n) is 2.86.